The van der Waals surface area contributed by atoms with Crippen LogP contribution >= 0.6 is 0 Å². The topological polar surface area (TPSA) is 145 Å². The van der Waals surface area contributed by atoms with Crippen LogP contribution in [0, 0.1) is 29.8 Å². The zero-order valence-corrected chi connectivity index (χ0v) is 30.0. The fraction of sp³-hybridized carbons (Fsp3) is 0.675. The van der Waals surface area contributed by atoms with Crippen LogP contribution in [0.4, 0.5) is 0 Å². The molecule has 0 radical (unpaired) electrons. The van der Waals surface area contributed by atoms with E-state index in [0.717, 1.165) is 87.0 Å². The van der Waals surface area contributed by atoms with Gasteiger partial charge in [-0.05, 0) is 88.1 Å². The average Bonchev–Trinajstić information content (AvgIpc) is 3.82. The van der Waals surface area contributed by atoms with E-state index in [1.165, 1.54) is 56.6 Å². The molecule has 1 aromatic rings. The predicted octanol–water partition coefficient (Wildman–Crippen LogP) is 5.05. The standard InChI is InChI=1S/C40H62N4O5/c1-3-43-37(36-22-33-34(24-42-23-27(2)46)32-11-9-10-29(32)15-17-35(33)44-36)26-48-40-20-28(14-18-38(40)47)13-16-31-21-30(25-45)39(49-31)12-7-5-4-6-8-19-41/h14,18,20-22,27,29,32,34,37,39,42-43,45-46,49H,3-13,15-17,19,23-26,41H2,1-2H3/p+1/t27-,29+,32-,34-,37-,39?/m0/s1. The van der Waals surface area contributed by atoms with Crippen LogP contribution in [-0.2, 0) is 6.42 Å². The Morgan fingerprint density at radius 3 is 2.80 bits per heavy atom. The number of nitrogens with one attached hydrogen (secondary N) is 2. The van der Waals surface area contributed by atoms with Crippen LogP contribution in [-0.4, -0.2) is 83.4 Å². The van der Waals surface area contributed by atoms with Crippen LogP contribution in [0.2, 0.25) is 0 Å². The van der Waals surface area contributed by atoms with Crippen molar-refractivity contribution in [2.75, 3.05) is 39.4 Å². The van der Waals surface area contributed by atoms with Gasteiger partial charge in [-0.3, -0.25) is 5.32 Å². The van der Waals surface area contributed by atoms with Crippen molar-refractivity contribution in [1.82, 2.24) is 10.6 Å². The lowest BCUT2D eigenvalue weighted by Crippen LogP contribution is -2.37. The summed E-state index contributed by atoms with van der Waals surface area (Å²) < 4.78 is 11.3. The minimum absolute atomic E-state index is 0.0534. The van der Waals surface area contributed by atoms with Crippen LogP contribution in [0.15, 0.2) is 46.6 Å². The number of allylic oxidation sites excluding steroid dienone is 1. The van der Waals surface area contributed by atoms with Gasteiger partial charge in [0, 0.05) is 32.5 Å². The Labute approximate surface area is 294 Å². The largest absolute Gasteiger partial charge is 0.504 e. The lowest BCUT2D eigenvalue weighted by Gasteiger charge is -2.26. The van der Waals surface area contributed by atoms with Crippen LogP contribution < -0.4 is 21.1 Å². The van der Waals surface area contributed by atoms with Crippen LogP contribution in [0.3, 0.4) is 0 Å². The number of nitrogens with two attached hydrogens (primary N) is 1. The number of phenols is 1. The summed E-state index contributed by atoms with van der Waals surface area (Å²) in [6.45, 7) is 7.36. The lowest BCUT2D eigenvalue weighted by atomic mass is 9.77. The van der Waals surface area contributed by atoms with E-state index in [1.807, 2.05) is 19.1 Å². The van der Waals surface area contributed by atoms with E-state index in [4.69, 9.17) is 20.2 Å². The molecule has 0 amide bonds. The molecule has 2 heterocycles. The first-order valence-corrected chi connectivity index (χ1v) is 19.2. The van der Waals surface area contributed by atoms with E-state index >= 15 is 0 Å². The number of nitrogens with zero attached hydrogens (tertiary/aromatic N) is 1. The number of rotatable bonds is 21. The molecule has 2 aliphatic carbocycles. The summed E-state index contributed by atoms with van der Waals surface area (Å²) in [5.74, 6) is 3.81. The summed E-state index contributed by atoms with van der Waals surface area (Å²) in [5, 5.41) is 37.7. The highest BCUT2D eigenvalue weighted by Gasteiger charge is 2.49. The molecule has 2 fully saturated rings. The number of aryl methyl sites for hydroxylation is 1. The van der Waals surface area contributed by atoms with Gasteiger partial charge in [-0.15, -0.1) is 16.6 Å². The Bertz CT molecular complexity index is 1270. The molecule has 2 saturated carbocycles. The van der Waals surface area contributed by atoms with Gasteiger partial charge >= 0.3 is 0 Å². The van der Waals surface area contributed by atoms with Crippen molar-refractivity contribution in [2.24, 2.45) is 28.5 Å². The SMILES string of the molecule is CCN[C@@H](COc1cc(CC[C-]2C=C(CO)C(CCCCCCCN)[OH+]2)ccc1O)C1=C[C+]2C(=N1)CC[C@H]1CCC[C@@H]1[C@@H]2CNC[C@H](C)O. The lowest BCUT2D eigenvalue weighted by molar-refractivity contribution is -0.0552. The number of fused-ring (bicyclic) bond motifs is 2. The molecule has 9 heteroatoms. The van der Waals surface area contributed by atoms with Gasteiger partial charge in [0.25, 0.3) is 0 Å². The molecule has 272 valence electrons. The van der Waals surface area contributed by atoms with Crippen LogP contribution in [0.5, 0.6) is 11.5 Å². The van der Waals surface area contributed by atoms with E-state index < -0.39 is 0 Å². The van der Waals surface area contributed by atoms with Crippen molar-refractivity contribution in [1.29, 1.82) is 0 Å². The summed E-state index contributed by atoms with van der Waals surface area (Å²) in [6, 6.07) is 5.52. The number of likely N-dealkylation sites (N-methyl/N-ethyl adjacent to an activating group) is 1. The number of phenolic OH excluding ortho intramolecular Hbond substituents is 1. The molecule has 0 saturated heterocycles. The van der Waals surface area contributed by atoms with Crippen molar-refractivity contribution in [3.05, 3.63) is 59.2 Å². The molecule has 4 aliphatic rings. The fourth-order valence-corrected chi connectivity index (χ4v) is 8.36. The number of aliphatic hydroxyl groups is 4. The first-order chi connectivity index (χ1) is 23.9. The minimum Gasteiger partial charge on any atom is -0.504 e. The first-order valence-electron chi connectivity index (χ1n) is 19.2. The Hall–Kier alpha value is -2.53. The summed E-state index contributed by atoms with van der Waals surface area (Å²) in [7, 11) is 0. The molecule has 6 atom stereocenters. The quantitative estimate of drug-likeness (QED) is 0.0606. The van der Waals surface area contributed by atoms with Crippen molar-refractivity contribution in [3.8, 4) is 11.5 Å². The maximum Gasteiger partial charge on any atom is 0.196 e. The molecule has 9 nitrogen and oxygen atoms in total. The number of benzene rings is 1. The van der Waals surface area contributed by atoms with Gasteiger partial charge < -0.3 is 35.8 Å². The smallest absolute Gasteiger partial charge is 0.196 e. The summed E-state index contributed by atoms with van der Waals surface area (Å²) in [5.41, 5.74) is 9.94. The molecule has 8 N–H and O–H groups in total. The average molecular weight is 680 g/mol. The van der Waals surface area contributed by atoms with Gasteiger partial charge in [0.15, 0.2) is 23.2 Å². The van der Waals surface area contributed by atoms with Gasteiger partial charge in [0.2, 0.25) is 0 Å². The number of aromatic hydroxyl groups is 1. The van der Waals surface area contributed by atoms with Gasteiger partial charge in [0.05, 0.1) is 18.1 Å². The van der Waals surface area contributed by atoms with Gasteiger partial charge in [0.1, 0.15) is 30.4 Å². The normalized spacial score (nSPS) is 24.6. The number of aliphatic hydroxyl groups excluding tert-OH is 2. The van der Waals surface area contributed by atoms with Gasteiger partial charge in [-0.1, -0.05) is 45.1 Å². The molecule has 2 aliphatic heterocycles. The number of aliphatic imine (C=N–C) groups is 1. The third kappa shape index (κ3) is 10.5. The summed E-state index contributed by atoms with van der Waals surface area (Å²) in [4.78, 5) is 5.21. The molecule has 0 bridgehead atoms. The monoisotopic (exact) mass is 679 g/mol. The summed E-state index contributed by atoms with van der Waals surface area (Å²) in [6.07, 6.45) is 19.5. The van der Waals surface area contributed by atoms with Gasteiger partial charge in [-0.25, -0.2) is 0 Å². The minimum atomic E-state index is -0.361. The first kappa shape index (κ1) is 37.7. The Morgan fingerprint density at radius 2 is 2.00 bits per heavy atom. The Morgan fingerprint density at radius 1 is 1.16 bits per heavy atom. The van der Waals surface area contributed by atoms with Crippen molar-refractivity contribution < 1.29 is 24.8 Å². The van der Waals surface area contributed by atoms with Gasteiger partial charge in [-0.2, -0.15) is 0 Å². The second-order valence-electron chi connectivity index (χ2n) is 14.7. The molecule has 5 rings (SSSR count). The highest BCUT2D eigenvalue weighted by Crippen LogP contribution is 2.48. The molecule has 1 aromatic carbocycles. The van der Waals surface area contributed by atoms with E-state index in [9.17, 15) is 15.3 Å². The zero-order valence-electron chi connectivity index (χ0n) is 30.0. The maximum absolute atomic E-state index is 10.7. The zero-order chi connectivity index (χ0) is 34.6. The fourth-order valence-electron chi connectivity index (χ4n) is 8.36. The molecule has 49 heavy (non-hydrogen) atoms. The second-order valence-corrected chi connectivity index (χ2v) is 14.7. The molecular weight excluding hydrogens is 616 g/mol. The third-order valence-corrected chi connectivity index (χ3v) is 11.0. The van der Waals surface area contributed by atoms with E-state index in [2.05, 4.69) is 29.7 Å². The third-order valence-electron chi connectivity index (χ3n) is 11.0. The summed E-state index contributed by atoms with van der Waals surface area (Å²) >= 11 is 0. The molecule has 1 unspecified atom stereocenters. The predicted molar refractivity (Wildman–Crippen MR) is 197 cm³/mol. The van der Waals surface area contributed by atoms with Crippen molar-refractivity contribution in [3.63, 3.8) is 0 Å². The van der Waals surface area contributed by atoms with Crippen molar-refractivity contribution >= 4 is 5.71 Å². The number of hydrogen-bond acceptors (Lipinski definition) is 8. The van der Waals surface area contributed by atoms with E-state index in [-0.39, 0.29) is 30.6 Å². The van der Waals surface area contributed by atoms with Crippen LogP contribution in [0.25, 0.3) is 0 Å². The highest BCUT2D eigenvalue weighted by atomic mass is 16.5. The molecule has 0 spiro atoms. The van der Waals surface area contributed by atoms with Crippen molar-refractivity contribution in [2.45, 2.75) is 116 Å². The van der Waals surface area contributed by atoms with Crippen LogP contribution in [0.1, 0.15) is 96.5 Å². The highest BCUT2D eigenvalue weighted by molar-refractivity contribution is 6.03. The van der Waals surface area contributed by atoms with E-state index in [0.29, 0.717) is 30.7 Å². The number of hydrogen-bond donors (Lipinski definition) is 6. The van der Waals surface area contributed by atoms with E-state index in [1.54, 1.807) is 6.07 Å². The molecular formula is C40H63N4O5+. The molecule has 0 aromatic heterocycles. The number of ether oxygens (including phenoxy) is 2. The Balaban J connectivity index is 1.17. The number of unbranched alkanes of at least 4 members (excludes halogenated alkanes) is 4. The Kier molecular flexibility index (Phi) is 14.8. The maximum atomic E-state index is 10.7. The second kappa shape index (κ2) is 19.2.